The molecule has 0 aromatic carbocycles. The molecule has 0 unspecified atom stereocenters. The first-order valence-electron chi connectivity index (χ1n) is 6.42. The Morgan fingerprint density at radius 3 is 2.89 bits per heavy atom. The van der Waals surface area contributed by atoms with Gasteiger partial charge < -0.3 is 5.32 Å². The molecule has 1 amide bonds. The molecule has 0 spiro atoms. The van der Waals surface area contributed by atoms with Gasteiger partial charge in [0.1, 0.15) is 5.69 Å². The van der Waals surface area contributed by atoms with E-state index in [9.17, 15) is 4.79 Å². The van der Waals surface area contributed by atoms with Crippen LogP contribution in [-0.4, -0.2) is 22.2 Å². The molecule has 2 aromatic heterocycles. The predicted octanol–water partition coefficient (Wildman–Crippen LogP) is 2.58. The fourth-order valence-corrected chi connectivity index (χ4v) is 2.69. The van der Waals surface area contributed by atoms with Crippen LogP contribution in [-0.2, 0) is 13.5 Å². The lowest BCUT2D eigenvalue weighted by atomic mass is 10.1. The summed E-state index contributed by atoms with van der Waals surface area (Å²) in [6.07, 6.45) is 0.868. The molecule has 0 saturated heterocycles. The minimum absolute atomic E-state index is 0.0981. The van der Waals surface area contributed by atoms with Crippen LogP contribution >= 0.6 is 11.3 Å². The molecule has 0 saturated carbocycles. The molecule has 0 aliphatic carbocycles. The molecule has 102 valence electrons. The molecule has 0 radical (unpaired) electrons. The van der Waals surface area contributed by atoms with Crippen molar-refractivity contribution in [3.8, 4) is 0 Å². The van der Waals surface area contributed by atoms with Crippen LogP contribution in [0.2, 0.25) is 0 Å². The number of aryl methyl sites for hydroxylation is 1. The maximum Gasteiger partial charge on any atom is 0.271 e. The summed E-state index contributed by atoms with van der Waals surface area (Å²) in [5.41, 5.74) is 1.57. The standard InChI is InChI=1S/C14H19N3OS/c1-10(2)13-9-12(16-17(13)3)14(18)15-7-6-11-5-4-8-19-11/h4-5,8-10H,6-7H2,1-3H3,(H,15,18). The number of carbonyl (C=O) groups excluding carboxylic acids is 1. The van der Waals surface area contributed by atoms with Crippen LogP contribution in [0.1, 0.15) is 40.8 Å². The molecule has 0 aliphatic rings. The van der Waals surface area contributed by atoms with Gasteiger partial charge in [0.15, 0.2) is 0 Å². The molecule has 4 nitrogen and oxygen atoms in total. The van der Waals surface area contributed by atoms with Crippen LogP contribution in [0.15, 0.2) is 23.6 Å². The first-order valence-corrected chi connectivity index (χ1v) is 7.30. The zero-order valence-electron chi connectivity index (χ0n) is 11.5. The quantitative estimate of drug-likeness (QED) is 0.913. The number of aromatic nitrogens is 2. The highest BCUT2D eigenvalue weighted by molar-refractivity contribution is 7.09. The number of amides is 1. The Hall–Kier alpha value is -1.62. The summed E-state index contributed by atoms with van der Waals surface area (Å²) in [6.45, 7) is 4.83. The van der Waals surface area contributed by atoms with Crippen molar-refractivity contribution in [2.45, 2.75) is 26.2 Å². The van der Waals surface area contributed by atoms with Gasteiger partial charge >= 0.3 is 0 Å². The van der Waals surface area contributed by atoms with Crippen molar-refractivity contribution in [3.05, 3.63) is 39.8 Å². The number of rotatable bonds is 5. The van der Waals surface area contributed by atoms with Gasteiger partial charge in [-0.2, -0.15) is 5.10 Å². The molecule has 0 bridgehead atoms. The van der Waals surface area contributed by atoms with Crippen LogP contribution in [0.3, 0.4) is 0 Å². The van der Waals surface area contributed by atoms with E-state index in [0.717, 1.165) is 12.1 Å². The van der Waals surface area contributed by atoms with Crippen molar-refractivity contribution in [2.75, 3.05) is 6.54 Å². The highest BCUT2D eigenvalue weighted by Gasteiger charge is 2.14. The smallest absolute Gasteiger partial charge is 0.271 e. The fourth-order valence-electron chi connectivity index (χ4n) is 1.98. The maximum atomic E-state index is 12.0. The Bertz CT molecular complexity index is 543. The van der Waals surface area contributed by atoms with Gasteiger partial charge in [0.25, 0.3) is 5.91 Å². The summed E-state index contributed by atoms with van der Waals surface area (Å²) in [6, 6.07) is 5.97. The minimum Gasteiger partial charge on any atom is -0.350 e. The number of nitrogens with one attached hydrogen (secondary N) is 1. The third-order valence-corrected chi connectivity index (χ3v) is 3.91. The minimum atomic E-state index is -0.0981. The normalized spacial score (nSPS) is 10.9. The first-order chi connectivity index (χ1) is 9.08. The lowest BCUT2D eigenvalue weighted by Gasteiger charge is -2.02. The van der Waals surface area contributed by atoms with Crippen molar-refractivity contribution in [2.24, 2.45) is 7.05 Å². The van der Waals surface area contributed by atoms with Crippen LogP contribution in [0, 0.1) is 0 Å². The number of carbonyl (C=O) groups is 1. The molecule has 0 aliphatic heterocycles. The van der Waals surface area contributed by atoms with Gasteiger partial charge in [-0.15, -0.1) is 11.3 Å². The Morgan fingerprint density at radius 1 is 1.53 bits per heavy atom. The Morgan fingerprint density at radius 2 is 2.32 bits per heavy atom. The zero-order chi connectivity index (χ0) is 13.8. The molecule has 0 atom stereocenters. The molecule has 5 heteroatoms. The topological polar surface area (TPSA) is 46.9 Å². The summed E-state index contributed by atoms with van der Waals surface area (Å²) in [5, 5.41) is 9.21. The van der Waals surface area contributed by atoms with E-state index in [4.69, 9.17) is 0 Å². The van der Waals surface area contributed by atoms with E-state index in [1.54, 1.807) is 16.0 Å². The Balaban J connectivity index is 1.91. The summed E-state index contributed by atoms with van der Waals surface area (Å²) in [5.74, 6) is 0.268. The lowest BCUT2D eigenvalue weighted by molar-refractivity contribution is 0.0948. The van der Waals surface area contributed by atoms with Gasteiger partial charge in [-0.05, 0) is 29.9 Å². The monoisotopic (exact) mass is 277 g/mol. The van der Waals surface area contributed by atoms with E-state index in [1.165, 1.54) is 4.88 Å². The molecule has 2 rings (SSSR count). The summed E-state index contributed by atoms with van der Waals surface area (Å²) in [4.78, 5) is 13.3. The largest absolute Gasteiger partial charge is 0.350 e. The van der Waals surface area contributed by atoms with E-state index in [-0.39, 0.29) is 5.91 Å². The SMILES string of the molecule is CC(C)c1cc(C(=O)NCCc2cccs2)nn1C. The predicted molar refractivity (Wildman–Crippen MR) is 77.7 cm³/mol. The third-order valence-electron chi connectivity index (χ3n) is 2.98. The average molecular weight is 277 g/mol. The van der Waals surface area contributed by atoms with Crippen molar-refractivity contribution in [3.63, 3.8) is 0 Å². The van der Waals surface area contributed by atoms with E-state index < -0.39 is 0 Å². The highest BCUT2D eigenvalue weighted by atomic mass is 32.1. The second-order valence-corrected chi connectivity index (χ2v) is 5.85. The van der Waals surface area contributed by atoms with Gasteiger partial charge in [-0.3, -0.25) is 9.48 Å². The Kier molecular flexibility index (Phi) is 4.37. The summed E-state index contributed by atoms with van der Waals surface area (Å²) < 4.78 is 1.78. The summed E-state index contributed by atoms with van der Waals surface area (Å²) in [7, 11) is 1.87. The molecule has 2 heterocycles. The molecule has 0 fully saturated rings. The molecule has 1 N–H and O–H groups in total. The second-order valence-electron chi connectivity index (χ2n) is 4.82. The van der Waals surface area contributed by atoms with Crippen molar-refractivity contribution >= 4 is 17.2 Å². The van der Waals surface area contributed by atoms with Crippen LogP contribution in [0.4, 0.5) is 0 Å². The van der Waals surface area contributed by atoms with E-state index in [0.29, 0.717) is 18.2 Å². The molecular formula is C14H19N3OS. The van der Waals surface area contributed by atoms with Crippen LogP contribution in [0.5, 0.6) is 0 Å². The molecule has 2 aromatic rings. The molecular weight excluding hydrogens is 258 g/mol. The summed E-state index contributed by atoms with van der Waals surface area (Å²) >= 11 is 1.71. The van der Waals surface area contributed by atoms with Crippen LogP contribution in [0.25, 0.3) is 0 Å². The van der Waals surface area contributed by atoms with Gasteiger partial charge in [-0.25, -0.2) is 0 Å². The molecule has 19 heavy (non-hydrogen) atoms. The Labute approximate surface area is 117 Å². The fraction of sp³-hybridized carbons (Fsp3) is 0.429. The zero-order valence-corrected chi connectivity index (χ0v) is 12.3. The van der Waals surface area contributed by atoms with Gasteiger partial charge in [0.2, 0.25) is 0 Å². The van der Waals surface area contributed by atoms with Gasteiger partial charge in [0, 0.05) is 24.2 Å². The number of nitrogens with zero attached hydrogens (tertiary/aromatic N) is 2. The maximum absolute atomic E-state index is 12.0. The average Bonchev–Trinajstić information content (AvgIpc) is 2.98. The second kappa shape index (κ2) is 6.02. The highest BCUT2D eigenvalue weighted by Crippen LogP contribution is 2.14. The number of thiophene rings is 1. The number of hydrogen-bond donors (Lipinski definition) is 1. The van der Waals surface area contributed by atoms with E-state index in [1.807, 2.05) is 24.6 Å². The van der Waals surface area contributed by atoms with E-state index in [2.05, 4.69) is 30.3 Å². The lowest BCUT2D eigenvalue weighted by Crippen LogP contribution is -2.26. The van der Waals surface area contributed by atoms with Crippen molar-refractivity contribution in [1.82, 2.24) is 15.1 Å². The van der Waals surface area contributed by atoms with E-state index >= 15 is 0 Å². The van der Waals surface area contributed by atoms with Crippen molar-refractivity contribution < 1.29 is 4.79 Å². The van der Waals surface area contributed by atoms with Crippen LogP contribution < -0.4 is 5.32 Å². The first kappa shape index (κ1) is 13.8. The number of hydrogen-bond acceptors (Lipinski definition) is 3. The third kappa shape index (κ3) is 3.44. The van der Waals surface area contributed by atoms with Crippen molar-refractivity contribution in [1.29, 1.82) is 0 Å². The van der Waals surface area contributed by atoms with Gasteiger partial charge in [-0.1, -0.05) is 19.9 Å². The van der Waals surface area contributed by atoms with Gasteiger partial charge in [0.05, 0.1) is 0 Å².